The van der Waals surface area contributed by atoms with Gasteiger partial charge in [-0.05, 0) is 36.8 Å². The van der Waals surface area contributed by atoms with Gasteiger partial charge in [0.25, 0.3) is 11.7 Å². The van der Waals surface area contributed by atoms with Gasteiger partial charge in [0.05, 0.1) is 38.5 Å². The van der Waals surface area contributed by atoms with E-state index in [-0.39, 0.29) is 29.4 Å². The number of methoxy groups -OCH3 is 1. The van der Waals surface area contributed by atoms with Gasteiger partial charge in [-0.15, -0.1) is 0 Å². The highest BCUT2D eigenvalue weighted by Gasteiger charge is 2.46. The highest BCUT2D eigenvalue weighted by Crippen LogP contribution is 2.41. The molecule has 9 heteroatoms. The van der Waals surface area contributed by atoms with Crippen LogP contribution in [0.4, 0.5) is 0 Å². The fourth-order valence-electron chi connectivity index (χ4n) is 4.45. The van der Waals surface area contributed by atoms with Crippen molar-refractivity contribution in [3.05, 3.63) is 59.2 Å². The minimum atomic E-state index is -0.846. The predicted molar refractivity (Wildman–Crippen MR) is 129 cm³/mol. The van der Waals surface area contributed by atoms with Gasteiger partial charge < -0.3 is 29.3 Å². The number of Topliss-reactive ketones (excluding diaryl/α,β-unsaturated/α-hetero) is 1. The van der Waals surface area contributed by atoms with Crippen molar-refractivity contribution in [3.63, 3.8) is 0 Å². The van der Waals surface area contributed by atoms with Crippen molar-refractivity contribution in [1.29, 1.82) is 0 Å². The maximum absolute atomic E-state index is 13.2. The minimum Gasteiger partial charge on any atom is -0.507 e. The van der Waals surface area contributed by atoms with Gasteiger partial charge in [0.1, 0.15) is 11.5 Å². The van der Waals surface area contributed by atoms with Crippen molar-refractivity contribution in [1.82, 2.24) is 9.80 Å². The van der Waals surface area contributed by atoms with Gasteiger partial charge in [0.15, 0.2) is 11.5 Å². The van der Waals surface area contributed by atoms with Gasteiger partial charge in [0.2, 0.25) is 0 Å². The second kappa shape index (κ2) is 10.8. The van der Waals surface area contributed by atoms with Crippen molar-refractivity contribution in [2.45, 2.75) is 13.0 Å². The number of aliphatic hydroxyl groups excluding tert-OH is 1. The number of ether oxygens (including phenoxy) is 3. The SMILES string of the molecule is CCOc1cccc(C(O)=C2C(=O)C(=O)N(CCN3CCOCC3)C2c2ccc(O)c(OC)c2)c1. The molecule has 2 aliphatic heterocycles. The Hall–Kier alpha value is -3.56. The number of phenols is 1. The molecule has 2 N–H and O–H groups in total. The molecule has 4 rings (SSSR count). The maximum atomic E-state index is 13.2. The van der Waals surface area contributed by atoms with E-state index in [1.165, 1.54) is 18.1 Å². The highest BCUT2D eigenvalue weighted by molar-refractivity contribution is 6.46. The molecule has 2 aromatic carbocycles. The average Bonchev–Trinajstić information content (AvgIpc) is 3.13. The van der Waals surface area contributed by atoms with Crippen LogP contribution in [0.1, 0.15) is 24.1 Å². The number of benzene rings is 2. The monoisotopic (exact) mass is 482 g/mol. The molecule has 9 nitrogen and oxygen atoms in total. The first-order valence-corrected chi connectivity index (χ1v) is 11.6. The highest BCUT2D eigenvalue weighted by atomic mass is 16.5. The van der Waals surface area contributed by atoms with Gasteiger partial charge >= 0.3 is 0 Å². The largest absolute Gasteiger partial charge is 0.507 e. The molecule has 0 radical (unpaired) electrons. The molecular formula is C26H30N2O7. The van der Waals surface area contributed by atoms with Crippen LogP contribution in [-0.4, -0.2) is 84.8 Å². The Labute approximate surface area is 204 Å². The number of rotatable bonds is 8. The topological polar surface area (TPSA) is 109 Å². The van der Waals surface area contributed by atoms with E-state index in [0.717, 1.165) is 13.1 Å². The molecule has 0 aromatic heterocycles. The fourth-order valence-corrected chi connectivity index (χ4v) is 4.45. The number of likely N-dealkylation sites (tertiary alicyclic amines) is 1. The molecule has 2 fully saturated rings. The average molecular weight is 483 g/mol. The van der Waals surface area contributed by atoms with Crippen LogP contribution in [0.3, 0.4) is 0 Å². The Morgan fingerprint density at radius 1 is 1.11 bits per heavy atom. The number of ketones is 1. The third-order valence-electron chi connectivity index (χ3n) is 6.24. The molecule has 0 aliphatic carbocycles. The van der Waals surface area contributed by atoms with E-state index in [1.54, 1.807) is 36.4 Å². The number of aromatic hydroxyl groups is 1. The predicted octanol–water partition coefficient (Wildman–Crippen LogP) is 2.55. The summed E-state index contributed by atoms with van der Waals surface area (Å²) in [5.41, 5.74) is 0.902. The first kappa shape index (κ1) is 24.6. The number of hydrogen-bond donors (Lipinski definition) is 2. The van der Waals surface area contributed by atoms with Crippen molar-refractivity contribution in [2.24, 2.45) is 0 Å². The molecule has 35 heavy (non-hydrogen) atoms. The number of hydrogen-bond acceptors (Lipinski definition) is 8. The van der Waals surface area contributed by atoms with Crippen LogP contribution in [0.2, 0.25) is 0 Å². The minimum absolute atomic E-state index is 0.0154. The molecule has 186 valence electrons. The summed E-state index contributed by atoms with van der Waals surface area (Å²) >= 11 is 0. The molecule has 0 bridgehead atoms. The van der Waals surface area contributed by atoms with Crippen molar-refractivity contribution in [2.75, 3.05) is 53.1 Å². The fraction of sp³-hybridized carbons (Fsp3) is 0.385. The summed E-state index contributed by atoms with van der Waals surface area (Å²) in [6.45, 7) is 5.86. The lowest BCUT2D eigenvalue weighted by atomic mass is 9.95. The van der Waals surface area contributed by atoms with Gasteiger partial charge in [0, 0.05) is 31.7 Å². The van der Waals surface area contributed by atoms with E-state index < -0.39 is 17.7 Å². The molecule has 1 unspecified atom stereocenters. The smallest absolute Gasteiger partial charge is 0.295 e. The van der Waals surface area contributed by atoms with Crippen LogP contribution in [0, 0.1) is 0 Å². The van der Waals surface area contributed by atoms with Gasteiger partial charge in [-0.3, -0.25) is 14.5 Å². The Balaban J connectivity index is 1.77. The number of nitrogens with zero attached hydrogens (tertiary/aromatic N) is 2. The first-order valence-electron chi connectivity index (χ1n) is 11.6. The molecule has 2 aliphatic rings. The van der Waals surface area contributed by atoms with E-state index in [0.29, 0.717) is 43.2 Å². The lowest BCUT2D eigenvalue weighted by Gasteiger charge is -2.31. The summed E-state index contributed by atoms with van der Waals surface area (Å²) in [4.78, 5) is 30.1. The summed E-state index contributed by atoms with van der Waals surface area (Å²) in [6.07, 6.45) is 0. The molecule has 1 atom stereocenters. The van der Waals surface area contributed by atoms with Crippen LogP contribution in [-0.2, 0) is 14.3 Å². The van der Waals surface area contributed by atoms with E-state index in [2.05, 4.69) is 4.90 Å². The van der Waals surface area contributed by atoms with E-state index in [9.17, 15) is 19.8 Å². The lowest BCUT2D eigenvalue weighted by molar-refractivity contribution is -0.140. The second-order valence-electron chi connectivity index (χ2n) is 8.34. The standard InChI is InChI=1S/C26H30N2O7/c1-3-35-19-6-4-5-18(15-19)24(30)22-23(17-7-8-20(29)21(16-17)33-2)28(26(32)25(22)31)10-9-27-11-13-34-14-12-27/h4-8,15-16,23,29-30H,3,9-14H2,1-2H3. The van der Waals surface area contributed by atoms with Gasteiger partial charge in [-0.1, -0.05) is 18.2 Å². The zero-order valence-electron chi connectivity index (χ0n) is 19.9. The third kappa shape index (κ3) is 5.11. The second-order valence-corrected chi connectivity index (χ2v) is 8.34. The Morgan fingerprint density at radius 3 is 2.60 bits per heavy atom. The maximum Gasteiger partial charge on any atom is 0.295 e. The number of morpholine rings is 1. The quantitative estimate of drug-likeness (QED) is 0.336. The summed E-state index contributed by atoms with van der Waals surface area (Å²) in [5, 5.41) is 21.4. The molecule has 2 aromatic rings. The zero-order valence-corrected chi connectivity index (χ0v) is 19.9. The van der Waals surface area contributed by atoms with E-state index in [4.69, 9.17) is 14.2 Å². The van der Waals surface area contributed by atoms with Crippen LogP contribution >= 0.6 is 0 Å². The summed E-state index contributed by atoms with van der Waals surface area (Å²) < 4.78 is 16.2. The van der Waals surface area contributed by atoms with Crippen molar-refractivity contribution in [3.8, 4) is 17.2 Å². The molecule has 1 amide bonds. The van der Waals surface area contributed by atoms with Crippen LogP contribution in [0.5, 0.6) is 17.2 Å². The summed E-state index contributed by atoms with van der Waals surface area (Å²) in [6, 6.07) is 10.6. The number of phenolic OH excluding ortho intramolecular Hbond substituents is 1. The van der Waals surface area contributed by atoms with Crippen LogP contribution in [0.25, 0.3) is 5.76 Å². The summed E-state index contributed by atoms with van der Waals surface area (Å²) in [7, 11) is 1.42. The number of aliphatic hydroxyl groups is 1. The lowest BCUT2D eigenvalue weighted by Crippen LogP contribution is -2.42. The van der Waals surface area contributed by atoms with Crippen molar-refractivity contribution < 1.29 is 34.0 Å². The van der Waals surface area contributed by atoms with E-state index >= 15 is 0 Å². The van der Waals surface area contributed by atoms with E-state index in [1.807, 2.05) is 6.92 Å². The summed E-state index contributed by atoms with van der Waals surface area (Å²) in [5.74, 6) is -1.04. The number of amides is 1. The normalized spacial score (nSPS) is 20.3. The molecular weight excluding hydrogens is 452 g/mol. The Bertz CT molecular complexity index is 1120. The first-order chi connectivity index (χ1) is 16.9. The molecule has 0 saturated carbocycles. The molecule has 2 heterocycles. The van der Waals surface area contributed by atoms with Crippen LogP contribution in [0.15, 0.2) is 48.0 Å². The zero-order chi connectivity index (χ0) is 24.9. The molecule has 0 spiro atoms. The van der Waals surface area contributed by atoms with Gasteiger partial charge in [-0.25, -0.2) is 0 Å². The number of carbonyl (C=O) groups is 2. The third-order valence-corrected chi connectivity index (χ3v) is 6.24. The van der Waals surface area contributed by atoms with Crippen molar-refractivity contribution >= 4 is 17.4 Å². The van der Waals surface area contributed by atoms with Crippen LogP contribution < -0.4 is 9.47 Å². The Morgan fingerprint density at radius 2 is 1.89 bits per heavy atom. The van der Waals surface area contributed by atoms with Gasteiger partial charge in [-0.2, -0.15) is 0 Å². The molecule has 2 saturated heterocycles. The number of carbonyl (C=O) groups excluding carboxylic acids is 2. The Kier molecular flexibility index (Phi) is 7.57.